The highest BCUT2D eigenvalue weighted by Gasteiger charge is 2.16. The molecule has 0 saturated carbocycles. The van der Waals surface area contributed by atoms with Crippen molar-refractivity contribution in [1.29, 1.82) is 0 Å². The first kappa shape index (κ1) is 13.7. The van der Waals surface area contributed by atoms with Gasteiger partial charge in [-0.25, -0.2) is 0 Å². The number of hydrogen-bond acceptors (Lipinski definition) is 2. The highest BCUT2D eigenvalue weighted by atomic mass is 35.5. The van der Waals surface area contributed by atoms with E-state index in [-0.39, 0.29) is 0 Å². The van der Waals surface area contributed by atoms with Crippen molar-refractivity contribution in [3.63, 3.8) is 0 Å². The van der Waals surface area contributed by atoms with E-state index < -0.39 is 0 Å². The van der Waals surface area contributed by atoms with Crippen LogP contribution in [0.25, 0.3) is 0 Å². The zero-order chi connectivity index (χ0) is 13.0. The van der Waals surface area contributed by atoms with Gasteiger partial charge in [0.25, 0.3) is 0 Å². The van der Waals surface area contributed by atoms with Gasteiger partial charge in [-0.05, 0) is 49.4 Å². The van der Waals surface area contributed by atoms with E-state index in [1.165, 1.54) is 36.1 Å². The minimum absolute atomic E-state index is 0.386. The van der Waals surface area contributed by atoms with Gasteiger partial charge < -0.3 is 9.64 Å². The van der Waals surface area contributed by atoms with Gasteiger partial charge in [-0.15, -0.1) is 11.6 Å². The van der Waals surface area contributed by atoms with E-state index in [1.54, 1.807) is 0 Å². The maximum absolute atomic E-state index is 5.89. The molecule has 1 atom stereocenters. The predicted molar refractivity (Wildman–Crippen MR) is 77.6 cm³/mol. The molecule has 3 heteroatoms. The number of aryl methyl sites for hydroxylation is 1. The van der Waals surface area contributed by atoms with Gasteiger partial charge in [0, 0.05) is 31.8 Å². The summed E-state index contributed by atoms with van der Waals surface area (Å²) in [4.78, 5) is 2.28. The standard InChI is InChI=1S/C15H22ClNO/c1-12-9-14(7-6-13(12)10-16)17(2)11-15-5-3-4-8-18-15/h6-7,9,15H,3-5,8,10-11H2,1-2H3. The third-order valence-electron chi connectivity index (χ3n) is 3.66. The minimum Gasteiger partial charge on any atom is -0.376 e. The fourth-order valence-electron chi connectivity index (χ4n) is 2.43. The Hall–Kier alpha value is -0.730. The molecule has 1 aromatic rings. The lowest BCUT2D eigenvalue weighted by molar-refractivity contribution is 0.0216. The van der Waals surface area contributed by atoms with Crippen LogP contribution in [0.1, 0.15) is 30.4 Å². The van der Waals surface area contributed by atoms with Gasteiger partial charge in [0.2, 0.25) is 0 Å². The van der Waals surface area contributed by atoms with Gasteiger partial charge in [0.15, 0.2) is 0 Å². The Bertz CT molecular complexity index is 388. The fraction of sp³-hybridized carbons (Fsp3) is 0.600. The molecule has 0 N–H and O–H groups in total. The average molecular weight is 268 g/mol. The highest BCUT2D eigenvalue weighted by molar-refractivity contribution is 6.17. The number of hydrogen-bond donors (Lipinski definition) is 0. The van der Waals surface area contributed by atoms with Crippen molar-refractivity contribution >= 4 is 17.3 Å². The Morgan fingerprint density at radius 1 is 1.39 bits per heavy atom. The molecule has 0 radical (unpaired) electrons. The zero-order valence-electron chi connectivity index (χ0n) is 11.3. The molecule has 1 aromatic carbocycles. The Kier molecular flexibility index (Phi) is 4.90. The van der Waals surface area contributed by atoms with E-state index >= 15 is 0 Å². The lowest BCUT2D eigenvalue weighted by atomic mass is 10.1. The minimum atomic E-state index is 0.386. The number of ether oxygens (including phenoxy) is 1. The number of nitrogens with zero attached hydrogens (tertiary/aromatic N) is 1. The summed E-state index contributed by atoms with van der Waals surface area (Å²) in [6, 6.07) is 6.48. The van der Waals surface area contributed by atoms with Crippen LogP contribution in [0.4, 0.5) is 5.69 Å². The molecule has 1 aliphatic rings. The lowest BCUT2D eigenvalue weighted by Gasteiger charge is -2.29. The number of benzene rings is 1. The molecule has 100 valence electrons. The zero-order valence-corrected chi connectivity index (χ0v) is 12.0. The second kappa shape index (κ2) is 6.44. The number of halogens is 1. The molecule has 0 amide bonds. The first-order chi connectivity index (χ1) is 8.70. The largest absolute Gasteiger partial charge is 0.376 e. The maximum atomic E-state index is 5.89. The number of rotatable bonds is 4. The van der Waals surface area contributed by atoms with Crippen LogP contribution in [0.15, 0.2) is 18.2 Å². The molecule has 0 bridgehead atoms. The molecular weight excluding hydrogens is 246 g/mol. The molecule has 1 heterocycles. The average Bonchev–Trinajstić information content (AvgIpc) is 2.39. The second-order valence-corrected chi connectivity index (χ2v) is 5.38. The van der Waals surface area contributed by atoms with Crippen LogP contribution in [0, 0.1) is 6.92 Å². The van der Waals surface area contributed by atoms with E-state index in [0.29, 0.717) is 12.0 Å². The first-order valence-electron chi connectivity index (χ1n) is 6.69. The molecule has 0 aromatic heterocycles. The molecule has 2 rings (SSSR count). The Morgan fingerprint density at radius 2 is 2.22 bits per heavy atom. The Morgan fingerprint density at radius 3 is 2.83 bits per heavy atom. The van der Waals surface area contributed by atoms with E-state index in [9.17, 15) is 0 Å². The number of likely N-dealkylation sites (N-methyl/N-ethyl adjacent to an activating group) is 1. The molecule has 2 nitrogen and oxygen atoms in total. The van der Waals surface area contributed by atoms with E-state index in [1.807, 2.05) is 0 Å². The molecular formula is C15H22ClNO. The summed E-state index contributed by atoms with van der Waals surface area (Å²) < 4.78 is 5.78. The summed E-state index contributed by atoms with van der Waals surface area (Å²) in [5.41, 5.74) is 3.72. The van der Waals surface area contributed by atoms with Crippen LogP contribution in [0.5, 0.6) is 0 Å². The van der Waals surface area contributed by atoms with E-state index in [0.717, 1.165) is 13.2 Å². The van der Waals surface area contributed by atoms with Crippen molar-refractivity contribution in [2.24, 2.45) is 0 Å². The van der Waals surface area contributed by atoms with Gasteiger partial charge >= 0.3 is 0 Å². The van der Waals surface area contributed by atoms with Crippen LogP contribution in [0.3, 0.4) is 0 Å². The number of anilines is 1. The van der Waals surface area contributed by atoms with Crippen LogP contribution in [-0.4, -0.2) is 26.3 Å². The Balaban J connectivity index is 1.99. The predicted octanol–water partition coefficient (Wildman–Crippen LogP) is 3.74. The summed E-state index contributed by atoms with van der Waals surface area (Å²) in [6.07, 6.45) is 4.08. The molecule has 1 saturated heterocycles. The van der Waals surface area contributed by atoms with Crippen molar-refractivity contribution in [2.45, 2.75) is 38.2 Å². The van der Waals surface area contributed by atoms with Crippen molar-refractivity contribution in [2.75, 3.05) is 25.1 Å². The first-order valence-corrected chi connectivity index (χ1v) is 7.22. The van der Waals surface area contributed by atoms with Gasteiger partial charge in [-0.1, -0.05) is 6.07 Å². The van der Waals surface area contributed by atoms with Crippen molar-refractivity contribution in [3.05, 3.63) is 29.3 Å². The molecule has 18 heavy (non-hydrogen) atoms. The van der Waals surface area contributed by atoms with Gasteiger partial charge in [-0.2, -0.15) is 0 Å². The second-order valence-electron chi connectivity index (χ2n) is 5.11. The Labute approximate surface area is 115 Å². The maximum Gasteiger partial charge on any atom is 0.0749 e. The van der Waals surface area contributed by atoms with E-state index in [4.69, 9.17) is 16.3 Å². The topological polar surface area (TPSA) is 12.5 Å². The molecule has 1 aliphatic heterocycles. The summed E-state index contributed by atoms with van der Waals surface area (Å²) in [5.74, 6) is 0.585. The van der Waals surface area contributed by atoms with Crippen molar-refractivity contribution in [1.82, 2.24) is 0 Å². The van der Waals surface area contributed by atoms with Crippen molar-refractivity contribution in [3.8, 4) is 0 Å². The van der Waals surface area contributed by atoms with Crippen LogP contribution in [-0.2, 0) is 10.6 Å². The summed E-state index contributed by atoms with van der Waals surface area (Å²) in [6.45, 7) is 4.01. The quantitative estimate of drug-likeness (QED) is 0.771. The normalized spacial score (nSPS) is 19.8. The monoisotopic (exact) mass is 267 g/mol. The highest BCUT2D eigenvalue weighted by Crippen LogP contribution is 2.21. The molecule has 0 aliphatic carbocycles. The van der Waals surface area contributed by atoms with Crippen LogP contribution < -0.4 is 4.90 Å². The van der Waals surface area contributed by atoms with Gasteiger partial charge in [0.1, 0.15) is 0 Å². The van der Waals surface area contributed by atoms with Crippen molar-refractivity contribution < 1.29 is 4.74 Å². The van der Waals surface area contributed by atoms with Crippen LogP contribution >= 0.6 is 11.6 Å². The smallest absolute Gasteiger partial charge is 0.0749 e. The lowest BCUT2D eigenvalue weighted by Crippen LogP contribution is -2.33. The van der Waals surface area contributed by atoms with Crippen LogP contribution in [0.2, 0.25) is 0 Å². The van der Waals surface area contributed by atoms with Gasteiger partial charge in [-0.3, -0.25) is 0 Å². The molecule has 0 spiro atoms. The molecule has 1 unspecified atom stereocenters. The number of alkyl halides is 1. The summed E-state index contributed by atoms with van der Waals surface area (Å²) in [5, 5.41) is 0. The summed E-state index contributed by atoms with van der Waals surface area (Å²) in [7, 11) is 2.13. The van der Waals surface area contributed by atoms with Gasteiger partial charge in [0.05, 0.1) is 6.10 Å². The third kappa shape index (κ3) is 3.39. The van der Waals surface area contributed by atoms with E-state index in [2.05, 4.69) is 37.1 Å². The molecule has 1 fully saturated rings. The SMILES string of the molecule is Cc1cc(N(C)CC2CCCCO2)ccc1CCl. The fourth-order valence-corrected chi connectivity index (χ4v) is 2.73. The third-order valence-corrected chi connectivity index (χ3v) is 3.95. The summed E-state index contributed by atoms with van der Waals surface area (Å²) >= 11 is 5.89.